The fourth-order valence-corrected chi connectivity index (χ4v) is 1.12. The number of nitrogens with zero attached hydrogens (tertiary/aromatic N) is 3. The van der Waals surface area contributed by atoms with E-state index in [2.05, 4.69) is 10.1 Å². The molecule has 1 atom stereocenters. The molecule has 0 saturated carbocycles. The summed E-state index contributed by atoms with van der Waals surface area (Å²) < 4.78 is 23.0. The maximum Gasteiger partial charge on any atom is 0.239 e. The van der Waals surface area contributed by atoms with E-state index in [1.807, 2.05) is 0 Å². The quantitative estimate of drug-likeness (QED) is 0.625. The molecule has 1 rings (SSSR count). The van der Waals surface area contributed by atoms with Crippen molar-refractivity contribution in [3.8, 4) is 0 Å². The Hall–Kier alpha value is -1.15. The van der Waals surface area contributed by atoms with Crippen molar-refractivity contribution in [1.82, 2.24) is 14.8 Å². The summed E-state index contributed by atoms with van der Waals surface area (Å²) in [6, 6.07) is 0. The van der Waals surface area contributed by atoms with E-state index in [1.54, 1.807) is 0 Å². The third kappa shape index (κ3) is 2.67. The second-order valence-corrected chi connectivity index (χ2v) is 4.71. The Bertz CT molecular complexity index is 383. The van der Waals surface area contributed by atoms with Crippen LogP contribution in [0.2, 0.25) is 0 Å². The molecule has 1 heterocycles. The molecule has 8 heteroatoms. The Morgan fingerprint density at radius 2 is 2.31 bits per heavy atom. The van der Waals surface area contributed by atoms with Gasteiger partial charge in [0.25, 0.3) is 0 Å². The van der Waals surface area contributed by atoms with E-state index < -0.39 is 15.3 Å². The second-order valence-electron chi connectivity index (χ2n) is 2.72. The van der Waals surface area contributed by atoms with Crippen LogP contribution in [0.5, 0.6) is 0 Å². The molecule has 0 aliphatic heterocycles. The minimum absolute atomic E-state index is 0.113. The van der Waals surface area contributed by atoms with Gasteiger partial charge in [0.2, 0.25) is 16.0 Å². The molecular formula is C5H11N5O2S. The smallest absolute Gasteiger partial charge is 0.239 e. The molecular weight excluding hydrogens is 194 g/mol. The molecule has 0 aliphatic carbocycles. The van der Waals surface area contributed by atoms with Crippen molar-refractivity contribution in [1.29, 1.82) is 0 Å². The van der Waals surface area contributed by atoms with Crippen LogP contribution in [-0.2, 0) is 16.6 Å². The number of nitrogens with two attached hydrogens (primary N) is 2. The van der Waals surface area contributed by atoms with Crippen LogP contribution in [-0.4, -0.2) is 28.4 Å². The van der Waals surface area contributed by atoms with E-state index in [0.717, 1.165) is 0 Å². The summed E-state index contributed by atoms with van der Waals surface area (Å²) >= 11 is 0. The number of nitrogen functional groups attached to an aromatic ring is 1. The SMILES string of the molecule is CC(Cn1cnc(N)n1)S(N)(=O)=O. The van der Waals surface area contributed by atoms with E-state index in [4.69, 9.17) is 10.9 Å². The van der Waals surface area contributed by atoms with Crippen LogP contribution in [0, 0.1) is 0 Å². The van der Waals surface area contributed by atoms with Gasteiger partial charge in [0, 0.05) is 0 Å². The zero-order valence-electron chi connectivity index (χ0n) is 7.08. The first-order valence-electron chi connectivity index (χ1n) is 3.56. The zero-order chi connectivity index (χ0) is 10.1. The first-order valence-corrected chi connectivity index (χ1v) is 5.17. The summed E-state index contributed by atoms with van der Waals surface area (Å²) in [5.74, 6) is 0.113. The highest BCUT2D eigenvalue weighted by Crippen LogP contribution is 1.99. The molecule has 0 saturated heterocycles. The molecule has 1 unspecified atom stereocenters. The van der Waals surface area contributed by atoms with Gasteiger partial charge in [-0.1, -0.05) is 0 Å². The summed E-state index contributed by atoms with van der Waals surface area (Å²) in [5, 5.41) is 7.94. The van der Waals surface area contributed by atoms with Gasteiger partial charge in [-0.3, -0.25) is 0 Å². The van der Waals surface area contributed by atoms with Crippen molar-refractivity contribution in [3.63, 3.8) is 0 Å². The predicted molar refractivity (Wildman–Crippen MR) is 47.0 cm³/mol. The minimum atomic E-state index is -3.52. The number of hydrogen-bond acceptors (Lipinski definition) is 5. The molecule has 0 aliphatic rings. The summed E-state index contributed by atoms with van der Waals surface area (Å²) in [5.41, 5.74) is 5.24. The fraction of sp³-hybridized carbons (Fsp3) is 0.600. The summed E-state index contributed by atoms with van der Waals surface area (Å²) in [4.78, 5) is 3.65. The van der Waals surface area contributed by atoms with Crippen LogP contribution in [0.25, 0.3) is 0 Å². The van der Waals surface area contributed by atoms with Crippen molar-refractivity contribution in [2.75, 3.05) is 5.73 Å². The number of anilines is 1. The number of primary sulfonamides is 1. The van der Waals surface area contributed by atoms with Gasteiger partial charge in [-0.15, -0.1) is 5.10 Å². The molecule has 13 heavy (non-hydrogen) atoms. The van der Waals surface area contributed by atoms with Crippen LogP contribution in [0.3, 0.4) is 0 Å². The largest absolute Gasteiger partial charge is 0.367 e. The van der Waals surface area contributed by atoms with Crippen molar-refractivity contribution in [3.05, 3.63) is 6.33 Å². The highest BCUT2D eigenvalue weighted by atomic mass is 32.2. The number of aromatic nitrogens is 3. The van der Waals surface area contributed by atoms with Gasteiger partial charge in [-0.05, 0) is 6.92 Å². The van der Waals surface area contributed by atoms with Gasteiger partial charge in [0.1, 0.15) is 6.33 Å². The van der Waals surface area contributed by atoms with E-state index >= 15 is 0 Å². The number of sulfonamides is 1. The Balaban J connectivity index is 2.71. The molecule has 0 radical (unpaired) electrons. The van der Waals surface area contributed by atoms with E-state index in [0.29, 0.717) is 0 Å². The van der Waals surface area contributed by atoms with Gasteiger partial charge >= 0.3 is 0 Å². The van der Waals surface area contributed by atoms with Gasteiger partial charge in [0.05, 0.1) is 11.8 Å². The molecule has 0 aromatic carbocycles. The molecule has 0 fully saturated rings. The topological polar surface area (TPSA) is 117 Å². The van der Waals surface area contributed by atoms with E-state index in [-0.39, 0.29) is 12.5 Å². The first kappa shape index (κ1) is 9.93. The Morgan fingerprint density at radius 3 is 2.69 bits per heavy atom. The summed E-state index contributed by atoms with van der Waals surface area (Å²) in [6.45, 7) is 1.65. The van der Waals surface area contributed by atoms with E-state index in [9.17, 15) is 8.42 Å². The standard InChI is InChI=1S/C5H11N5O2S/c1-4(13(7,11)12)2-10-3-8-5(6)9-10/h3-4H,2H2,1H3,(H2,6,9)(H2,7,11,12). The zero-order valence-corrected chi connectivity index (χ0v) is 7.90. The third-order valence-corrected chi connectivity index (χ3v) is 2.83. The Labute approximate surface area is 75.8 Å². The van der Waals surface area contributed by atoms with Gasteiger partial charge in [-0.25, -0.2) is 23.2 Å². The number of rotatable bonds is 3. The maximum atomic E-state index is 10.8. The highest BCUT2D eigenvalue weighted by molar-refractivity contribution is 7.89. The lowest BCUT2D eigenvalue weighted by Crippen LogP contribution is -2.29. The van der Waals surface area contributed by atoms with Gasteiger partial charge in [0.15, 0.2) is 0 Å². The lowest BCUT2D eigenvalue weighted by molar-refractivity contribution is 0.549. The van der Waals surface area contributed by atoms with Crippen LogP contribution in [0.1, 0.15) is 6.92 Å². The van der Waals surface area contributed by atoms with Crippen LogP contribution in [0.15, 0.2) is 6.33 Å². The molecule has 74 valence electrons. The molecule has 0 bridgehead atoms. The average molecular weight is 205 g/mol. The van der Waals surface area contributed by atoms with E-state index in [1.165, 1.54) is 17.9 Å². The van der Waals surface area contributed by atoms with Crippen LogP contribution >= 0.6 is 0 Å². The Kier molecular flexibility index (Phi) is 2.52. The van der Waals surface area contributed by atoms with Crippen molar-refractivity contribution in [2.24, 2.45) is 5.14 Å². The molecule has 1 aromatic heterocycles. The molecule has 4 N–H and O–H groups in total. The van der Waals surface area contributed by atoms with Crippen LogP contribution in [0.4, 0.5) is 5.95 Å². The monoisotopic (exact) mass is 205 g/mol. The van der Waals surface area contributed by atoms with Crippen molar-refractivity contribution < 1.29 is 8.42 Å². The minimum Gasteiger partial charge on any atom is -0.367 e. The fourth-order valence-electron chi connectivity index (χ4n) is 0.764. The van der Waals surface area contributed by atoms with Crippen molar-refractivity contribution in [2.45, 2.75) is 18.7 Å². The lowest BCUT2D eigenvalue weighted by atomic mass is 10.5. The molecule has 0 spiro atoms. The predicted octanol–water partition coefficient (Wildman–Crippen LogP) is -1.46. The third-order valence-electron chi connectivity index (χ3n) is 1.56. The Morgan fingerprint density at radius 1 is 1.69 bits per heavy atom. The van der Waals surface area contributed by atoms with Crippen molar-refractivity contribution >= 4 is 16.0 Å². The molecule has 0 amide bonds. The number of hydrogen-bond donors (Lipinski definition) is 2. The second kappa shape index (κ2) is 3.30. The first-order chi connectivity index (χ1) is 5.89. The van der Waals surface area contributed by atoms with Crippen LogP contribution < -0.4 is 10.9 Å². The summed E-state index contributed by atoms with van der Waals surface area (Å²) in [7, 11) is -3.52. The van der Waals surface area contributed by atoms with Gasteiger partial charge in [-0.2, -0.15) is 0 Å². The van der Waals surface area contributed by atoms with Gasteiger partial charge < -0.3 is 5.73 Å². The highest BCUT2D eigenvalue weighted by Gasteiger charge is 2.16. The lowest BCUT2D eigenvalue weighted by Gasteiger charge is -2.07. The average Bonchev–Trinajstić information content (AvgIpc) is 2.33. The summed E-state index contributed by atoms with van der Waals surface area (Å²) in [6.07, 6.45) is 1.36. The maximum absolute atomic E-state index is 10.8. The normalized spacial score (nSPS) is 14.3. The molecule has 7 nitrogen and oxygen atoms in total. The molecule has 1 aromatic rings.